The van der Waals surface area contributed by atoms with Gasteiger partial charge in [0.2, 0.25) is 11.9 Å². The first-order valence-corrected chi connectivity index (χ1v) is 6.25. The van der Waals surface area contributed by atoms with Gasteiger partial charge in [0, 0.05) is 11.8 Å². The Balaban J connectivity index is 2.25. The minimum Gasteiger partial charge on any atom is -0.495 e. The molecular weight excluding hydrogens is 282 g/mol. The van der Waals surface area contributed by atoms with Crippen molar-refractivity contribution in [2.75, 3.05) is 24.8 Å². The maximum Gasteiger partial charge on any atom is 0.323 e. The first-order valence-electron chi connectivity index (χ1n) is 5.87. The highest BCUT2D eigenvalue weighted by Gasteiger charge is 2.07. The third kappa shape index (κ3) is 3.39. The second-order valence-corrected chi connectivity index (χ2v) is 4.11. The molecule has 0 aliphatic heterocycles. The average molecular weight is 296 g/mol. The lowest BCUT2D eigenvalue weighted by Crippen LogP contribution is -2.06. The molecule has 0 spiro atoms. The number of benzene rings is 1. The monoisotopic (exact) mass is 295 g/mol. The van der Waals surface area contributed by atoms with Crippen LogP contribution in [-0.4, -0.2) is 28.7 Å². The van der Waals surface area contributed by atoms with Crippen molar-refractivity contribution in [2.24, 2.45) is 0 Å². The summed E-state index contributed by atoms with van der Waals surface area (Å²) in [5, 5.41) is 3.50. The van der Waals surface area contributed by atoms with Gasteiger partial charge in [-0.3, -0.25) is 0 Å². The van der Waals surface area contributed by atoms with Gasteiger partial charge in [-0.15, -0.1) is 0 Å². The Morgan fingerprint density at radius 1 is 1.30 bits per heavy atom. The van der Waals surface area contributed by atoms with Crippen LogP contribution in [0.5, 0.6) is 11.8 Å². The molecule has 1 heterocycles. The Labute approximate surface area is 121 Å². The maximum atomic E-state index is 5.96. The molecule has 0 bridgehead atoms. The molecule has 20 heavy (non-hydrogen) atoms. The highest BCUT2D eigenvalue weighted by molar-refractivity contribution is 6.32. The van der Waals surface area contributed by atoms with Gasteiger partial charge in [-0.1, -0.05) is 11.6 Å². The van der Waals surface area contributed by atoms with E-state index >= 15 is 0 Å². The molecule has 0 amide bonds. The van der Waals surface area contributed by atoms with Crippen LogP contribution in [0.25, 0.3) is 0 Å². The van der Waals surface area contributed by atoms with Gasteiger partial charge in [-0.2, -0.15) is 15.0 Å². The normalized spacial score (nSPS) is 10.2. The number of halogens is 1. The number of ether oxygens (including phenoxy) is 2. The van der Waals surface area contributed by atoms with E-state index in [1.807, 2.05) is 6.92 Å². The number of anilines is 3. The molecule has 0 radical (unpaired) electrons. The molecule has 2 aromatic rings. The predicted molar refractivity (Wildman–Crippen MR) is 76.7 cm³/mol. The highest BCUT2D eigenvalue weighted by Crippen LogP contribution is 2.28. The van der Waals surface area contributed by atoms with Crippen molar-refractivity contribution in [1.82, 2.24) is 15.0 Å². The second kappa shape index (κ2) is 6.25. The number of methoxy groups -OCH3 is 1. The van der Waals surface area contributed by atoms with Crippen LogP contribution in [0.15, 0.2) is 18.2 Å². The van der Waals surface area contributed by atoms with Crippen molar-refractivity contribution in [3.8, 4) is 11.8 Å². The zero-order valence-corrected chi connectivity index (χ0v) is 11.8. The largest absolute Gasteiger partial charge is 0.495 e. The summed E-state index contributed by atoms with van der Waals surface area (Å²) >= 11 is 5.96. The van der Waals surface area contributed by atoms with E-state index in [9.17, 15) is 0 Å². The second-order valence-electron chi connectivity index (χ2n) is 3.71. The van der Waals surface area contributed by atoms with Gasteiger partial charge in [0.05, 0.1) is 18.7 Å². The van der Waals surface area contributed by atoms with E-state index in [4.69, 9.17) is 26.8 Å². The maximum absolute atomic E-state index is 5.96. The first-order chi connectivity index (χ1) is 9.62. The van der Waals surface area contributed by atoms with Gasteiger partial charge >= 0.3 is 6.01 Å². The summed E-state index contributed by atoms with van der Waals surface area (Å²) in [4.78, 5) is 11.9. The summed E-state index contributed by atoms with van der Waals surface area (Å²) in [6, 6.07) is 5.37. The van der Waals surface area contributed by atoms with Crippen molar-refractivity contribution in [1.29, 1.82) is 0 Å². The summed E-state index contributed by atoms with van der Waals surface area (Å²) in [7, 11) is 1.54. The lowest BCUT2D eigenvalue weighted by molar-refractivity contribution is 0.312. The molecule has 106 valence electrons. The van der Waals surface area contributed by atoms with Gasteiger partial charge in [0.1, 0.15) is 5.75 Å². The third-order valence-electron chi connectivity index (χ3n) is 2.31. The van der Waals surface area contributed by atoms with Crippen LogP contribution in [0, 0.1) is 0 Å². The molecule has 3 N–H and O–H groups in total. The number of hydrogen-bond donors (Lipinski definition) is 2. The Kier molecular flexibility index (Phi) is 4.41. The average Bonchev–Trinajstić information content (AvgIpc) is 2.40. The molecule has 1 aromatic heterocycles. The molecule has 0 saturated heterocycles. The Morgan fingerprint density at radius 3 is 2.80 bits per heavy atom. The molecule has 0 aliphatic carbocycles. The number of rotatable bonds is 5. The number of nitrogens with one attached hydrogen (secondary N) is 1. The number of nitrogen functional groups attached to an aromatic ring is 1. The lowest BCUT2D eigenvalue weighted by Gasteiger charge is -2.09. The Hall–Kier alpha value is -2.28. The number of nitrogens with zero attached hydrogens (tertiary/aromatic N) is 3. The van der Waals surface area contributed by atoms with Crippen LogP contribution in [-0.2, 0) is 0 Å². The predicted octanol–water partition coefficient (Wildman–Crippen LogP) is 2.26. The molecule has 8 heteroatoms. The van der Waals surface area contributed by atoms with Crippen molar-refractivity contribution >= 4 is 29.2 Å². The van der Waals surface area contributed by atoms with Gasteiger partial charge in [0.15, 0.2) is 0 Å². The van der Waals surface area contributed by atoms with Gasteiger partial charge in [-0.25, -0.2) is 0 Å². The fourth-order valence-electron chi connectivity index (χ4n) is 1.49. The molecule has 0 unspecified atom stereocenters. The van der Waals surface area contributed by atoms with Crippen LogP contribution >= 0.6 is 11.6 Å². The minimum absolute atomic E-state index is 0.0758. The van der Waals surface area contributed by atoms with E-state index in [0.29, 0.717) is 23.1 Å². The van der Waals surface area contributed by atoms with Crippen molar-refractivity contribution in [3.05, 3.63) is 23.2 Å². The van der Waals surface area contributed by atoms with Crippen LogP contribution < -0.4 is 20.5 Å². The van der Waals surface area contributed by atoms with Gasteiger partial charge < -0.3 is 20.5 Å². The molecular formula is C12H14ClN5O2. The molecule has 2 rings (SSSR count). The molecule has 0 saturated carbocycles. The summed E-state index contributed by atoms with van der Waals surface area (Å²) in [5.74, 6) is 0.904. The van der Waals surface area contributed by atoms with Crippen LogP contribution in [0.3, 0.4) is 0 Å². The molecule has 0 atom stereocenters. The van der Waals surface area contributed by atoms with E-state index < -0.39 is 0 Å². The van der Waals surface area contributed by atoms with Crippen molar-refractivity contribution in [2.45, 2.75) is 6.92 Å². The van der Waals surface area contributed by atoms with Crippen molar-refractivity contribution < 1.29 is 9.47 Å². The van der Waals surface area contributed by atoms with Gasteiger partial charge in [-0.05, 0) is 19.1 Å². The molecule has 0 aliphatic rings. The molecule has 7 nitrogen and oxygen atoms in total. The van der Waals surface area contributed by atoms with E-state index in [1.165, 1.54) is 0 Å². The zero-order valence-electron chi connectivity index (χ0n) is 11.1. The smallest absolute Gasteiger partial charge is 0.323 e. The Morgan fingerprint density at radius 2 is 2.10 bits per heavy atom. The number of nitrogens with two attached hydrogens (primary N) is 1. The number of hydrogen-bond acceptors (Lipinski definition) is 7. The van der Waals surface area contributed by atoms with Crippen LogP contribution in [0.4, 0.5) is 17.6 Å². The first kappa shape index (κ1) is 14.1. The van der Waals surface area contributed by atoms with E-state index in [2.05, 4.69) is 20.3 Å². The summed E-state index contributed by atoms with van der Waals surface area (Å²) in [6.07, 6.45) is 0. The van der Waals surface area contributed by atoms with E-state index in [-0.39, 0.29) is 17.9 Å². The van der Waals surface area contributed by atoms with E-state index in [0.717, 1.165) is 0 Å². The minimum atomic E-state index is 0.0758. The van der Waals surface area contributed by atoms with Crippen molar-refractivity contribution in [3.63, 3.8) is 0 Å². The lowest BCUT2D eigenvalue weighted by atomic mass is 10.3. The standard InChI is InChI=1S/C12H14ClN5O2/c1-3-20-12-17-10(14)16-11(18-12)15-7-4-5-8(13)9(6-7)19-2/h4-6H,3H2,1-2H3,(H3,14,15,16,17,18). The zero-order chi connectivity index (χ0) is 14.5. The SMILES string of the molecule is CCOc1nc(N)nc(Nc2ccc(Cl)c(OC)c2)n1. The van der Waals surface area contributed by atoms with Gasteiger partial charge in [0.25, 0.3) is 0 Å². The fraction of sp³-hybridized carbons (Fsp3) is 0.250. The quantitative estimate of drug-likeness (QED) is 0.873. The topological polar surface area (TPSA) is 95.2 Å². The van der Waals surface area contributed by atoms with Crippen LogP contribution in [0.1, 0.15) is 6.92 Å². The summed E-state index contributed by atoms with van der Waals surface area (Å²) < 4.78 is 10.3. The Bertz CT molecular complexity index is 608. The third-order valence-corrected chi connectivity index (χ3v) is 2.63. The summed E-state index contributed by atoms with van der Waals surface area (Å²) in [5.41, 5.74) is 6.30. The van der Waals surface area contributed by atoms with E-state index in [1.54, 1.807) is 25.3 Å². The molecule has 0 fully saturated rings. The fourth-order valence-corrected chi connectivity index (χ4v) is 1.68. The van der Waals surface area contributed by atoms with Crippen LogP contribution in [0.2, 0.25) is 5.02 Å². The highest BCUT2D eigenvalue weighted by atomic mass is 35.5. The molecule has 1 aromatic carbocycles. The summed E-state index contributed by atoms with van der Waals surface area (Å²) in [6.45, 7) is 2.27. The number of aromatic nitrogens is 3.